The molecule has 5 aliphatic rings. The van der Waals surface area contributed by atoms with Crippen LogP contribution in [0.4, 0.5) is 0 Å². The Kier molecular flexibility index (Phi) is 5.66. The summed E-state index contributed by atoms with van der Waals surface area (Å²) >= 11 is 0. The highest BCUT2D eigenvalue weighted by Gasteiger charge is 2.51. The number of carbonyl (C=O) groups is 1. The molecule has 4 aliphatic carbocycles. The zero-order valence-corrected chi connectivity index (χ0v) is 18.9. The van der Waals surface area contributed by atoms with Crippen LogP contribution in [0.15, 0.2) is 30.3 Å². The number of nitrogens with one attached hydrogen (secondary N) is 1. The minimum atomic E-state index is 0.136. The summed E-state index contributed by atoms with van der Waals surface area (Å²) in [6.45, 7) is 6.17. The third-order valence-electron chi connectivity index (χ3n) is 8.60. The minimum absolute atomic E-state index is 0.136. The first kappa shape index (κ1) is 20.5. The van der Waals surface area contributed by atoms with Crippen molar-refractivity contribution >= 4 is 5.91 Å². The van der Waals surface area contributed by atoms with Gasteiger partial charge in [0.15, 0.2) is 0 Å². The first-order valence-corrected chi connectivity index (χ1v) is 12.3. The Labute approximate surface area is 182 Å². The molecule has 1 heterocycles. The molecule has 30 heavy (non-hydrogen) atoms. The summed E-state index contributed by atoms with van der Waals surface area (Å²) in [5, 5.41) is 3.56. The van der Waals surface area contributed by atoms with Crippen LogP contribution in [0.5, 0.6) is 0 Å². The van der Waals surface area contributed by atoms with E-state index in [4.69, 9.17) is 0 Å². The smallest absolute Gasteiger partial charge is 0.234 e. The summed E-state index contributed by atoms with van der Waals surface area (Å²) in [5.41, 5.74) is 1.53. The van der Waals surface area contributed by atoms with Crippen LogP contribution < -0.4 is 5.32 Å². The number of hydrogen-bond acceptors (Lipinski definition) is 3. The Bertz CT molecular complexity index is 713. The zero-order valence-electron chi connectivity index (χ0n) is 18.9. The van der Waals surface area contributed by atoms with E-state index in [0.29, 0.717) is 18.5 Å². The molecule has 1 aromatic rings. The lowest BCUT2D eigenvalue weighted by atomic mass is 9.53. The molecular weight excluding hydrogens is 370 g/mol. The van der Waals surface area contributed by atoms with Crippen molar-refractivity contribution in [2.45, 2.75) is 70.0 Å². The average molecular weight is 410 g/mol. The molecule has 0 unspecified atom stereocenters. The molecule has 1 aromatic carbocycles. The number of benzene rings is 1. The number of hydrogen-bond donors (Lipinski definition) is 1. The number of nitrogens with zero attached hydrogens (tertiary/aromatic N) is 2. The fourth-order valence-corrected chi connectivity index (χ4v) is 7.80. The third-order valence-corrected chi connectivity index (χ3v) is 8.60. The van der Waals surface area contributed by atoms with Gasteiger partial charge in [-0.1, -0.05) is 37.3 Å². The van der Waals surface area contributed by atoms with Gasteiger partial charge in [0.05, 0.1) is 6.54 Å². The van der Waals surface area contributed by atoms with Gasteiger partial charge in [-0.05, 0) is 87.8 Å². The first-order chi connectivity index (χ1) is 14.5. The molecule has 6 rings (SSSR count). The van der Waals surface area contributed by atoms with E-state index in [2.05, 4.69) is 59.4 Å². The molecule has 1 saturated heterocycles. The highest BCUT2D eigenvalue weighted by Crippen LogP contribution is 2.55. The van der Waals surface area contributed by atoms with E-state index in [1.165, 1.54) is 44.1 Å². The van der Waals surface area contributed by atoms with E-state index in [1.807, 2.05) is 0 Å². The Morgan fingerprint density at radius 2 is 1.73 bits per heavy atom. The van der Waals surface area contributed by atoms with Gasteiger partial charge >= 0.3 is 0 Å². The number of rotatable bonds is 6. The van der Waals surface area contributed by atoms with Gasteiger partial charge < -0.3 is 5.32 Å². The van der Waals surface area contributed by atoms with Gasteiger partial charge in [-0.2, -0.15) is 0 Å². The van der Waals surface area contributed by atoms with Crippen molar-refractivity contribution in [2.24, 2.45) is 23.7 Å². The van der Waals surface area contributed by atoms with Gasteiger partial charge in [-0.3, -0.25) is 14.6 Å². The lowest BCUT2D eigenvalue weighted by Gasteiger charge is -2.57. The van der Waals surface area contributed by atoms with E-state index in [-0.39, 0.29) is 11.4 Å². The second-order valence-electron chi connectivity index (χ2n) is 11.2. The Morgan fingerprint density at radius 1 is 1.10 bits per heavy atom. The van der Waals surface area contributed by atoms with Gasteiger partial charge in [0.2, 0.25) is 5.91 Å². The molecule has 1 amide bonds. The van der Waals surface area contributed by atoms with Gasteiger partial charge in [-0.25, -0.2) is 0 Å². The minimum Gasteiger partial charge on any atom is -0.350 e. The average Bonchev–Trinajstić information content (AvgIpc) is 2.67. The number of likely N-dealkylation sites (tertiary alicyclic amines) is 1. The molecule has 164 valence electrons. The van der Waals surface area contributed by atoms with Crippen LogP contribution in [0.3, 0.4) is 0 Å². The predicted octanol–water partition coefficient (Wildman–Crippen LogP) is 3.91. The summed E-state index contributed by atoms with van der Waals surface area (Å²) in [7, 11) is 2.16. The van der Waals surface area contributed by atoms with Crippen molar-refractivity contribution in [2.75, 3.05) is 26.7 Å². The molecular formula is C26H39N3O. The Morgan fingerprint density at radius 3 is 2.33 bits per heavy atom. The van der Waals surface area contributed by atoms with Gasteiger partial charge in [0.25, 0.3) is 0 Å². The van der Waals surface area contributed by atoms with Crippen molar-refractivity contribution in [1.29, 1.82) is 0 Å². The van der Waals surface area contributed by atoms with Crippen molar-refractivity contribution < 1.29 is 4.79 Å². The molecule has 1 N–H and O–H groups in total. The van der Waals surface area contributed by atoms with Crippen LogP contribution in [-0.4, -0.2) is 54.0 Å². The molecule has 4 bridgehead atoms. The quantitative estimate of drug-likeness (QED) is 0.774. The van der Waals surface area contributed by atoms with E-state index in [0.717, 1.165) is 43.8 Å². The lowest BCUT2D eigenvalue weighted by Crippen LogP contribution is -2.61. The first-order valence-electron chi connectivity index (χ1n) is 12.3. The van der Waals surface area contributed by atoms with Crippen molar-refractivity contribution in [3.05, 3.63) is 35.9 Å². The van der Waals surface area contributed by atoms with Gasteiger partial charge in [-0.15, -0.1) is 0 Å². The third kappa shape index (κ3) is 4.31. The monoisotopic (exact) mass is 409 g/mol. The summed E-state index contributed by atoms with van der Waals surface area (Å²) in [5.74, 6) is 3.48. The topological polar surface area (TPSA) is 35.6 Å². The number of amides is 1. The fraction of sp³-hybridized carbons (Fsp3) is 0.731. The van der Waals surface area contributed by atoms with Crippen LogP contribution in [0.25, 0.3) is 0 Å². The van der Waals surface area contributed by atoms with Gasteiger partial charge in [0, 0.05) is 24.7 Å². The number of piperidine rings is 1. The maximum Gasteiger partial charge on any atom is 0.234 e. The Hall–Kier alpha value is -1.39. The molecule has 2 atom stereocenters. The van der Waals surface area contributed by atoms with Crippen LogP contribution >= 0.6 is 0 Å². The van der Waals surface area contributed by atoms with E-state index in [9.17, 15) is 4.79 Å². The summed E-state index contributed by atoms with van der Waals surface area (Å²) < 4.78 is 0. The summed E-state index contributed by atoms with van der Waals surface area (Å²) in [6.07, 6.45) is 9.14. The maximum atomic E-state index is 13.0. The molecule has 5 fully saturated rings. The zero-order chi connectivity index (χ0) is 20.7. The highest BCUT2D eigenvalue weighted by molar-refractivity contribution is 5.79. The molecule has 1 aliphatic heterocycles. The molecule has 0 spiro atoms. The number of carbonyl (C=O) groups excluding carboxylic acids is 1. The second kappa shape index (κ2) is 8.27. The predicted molar refractivity (Wildman–Crippen MR) is 121 cm³/mol. The molecule has 4 nitrogen and oxygen atoms in total. The normalized spacial score (nSPS) is 38.2. The standard InChI is InChI=1S/C26H39N3O/c1-19-16-29(17-20-6-4-3-5-7-20)9-8-24(19)28(2)18-25(30)27-26-13-21-10-22(14-26)12-23(11-21)15-26/h3-7,19,21-24H,8-18H2,1-2H3,(H,27,30)/t19-,21?,22?,23?,24+,26?/m0/s1. The maximum absolute atomic E-state index is 13.0. The van der Waals surface area contributed by atoms with Crippen LogP contribution in [-0.2, 0) is 11.3 Å². The van der Waals surface area contributed by atoms with Crippen molar-refractivity contribution in [3.8, 4) is 0 Å². The van der Waals surface area contributed by atoms with Crippen LogP contribution in [0.1, 0.15) is 57.4 Å². The largest absolute Gasteiger partial charge is 0.350 e. The van der Waals surface area contributed by atoms with Crippen LogP contribution in [0, 0.1) is 23.7 Å². The van der Waals surface area contributed by atoms with E-state index >= 15 is 0 Å². The molecule has 4 heteroatoms. The molecule has 4 saturated carbocycles. The summed E-state index contributed by atoms with van der Waals surface area (Å²) in [6, 6.07) is 11.3. The molecule has 0 radical (unpaired) electrons. The van der Waals surface area contributed by atoms with Crippen molar-refractivity contribution in [1.82, 2.24) is 15.1 Å². The lowest BCUT2D eigenvalue weighted by molar-refractivity contribution is -0.128. The number of likely N-dealkylation sites (N-methyl/N-ethyl adjacent to an activating group) is 1. The van der Waals surface area contributed by atoms with E-state index < -0.39 is 0 Å². The summed E-state index contributed by atoms with van der Waals surface area (Å²) in [4.78, 5) is 17.9. The van der Waals surface area contributed by atoms with E-state index in [1.54, 1.807) is 0 Å². The van der Waals surface area contributed by atoms with Crippen LogP contribution in [0.2, 0.25) is 0 Å². The van der Waals surface area contributed by atoms with Gasteiger partial charge in [0.1, 0.15) is 0 Å². The highest BCUT2D eigenvalue weighted by atomic mass is 16.2. The Balaban J connectivity index is 1.12. The van der Waals surface area contributed by atoms with Crippen molar-refractivity contribution in [3.63, 3.8) is 0 Å². The fourth-order valence-electron chi connectivity index (χ4n) is 7.80. The molecule has 0 aromatic heterocycles. The SMILES string of the molecule is C[C@H]1CN(Cc2ccccc2)CC[C@H]1N(C)CC(=O)NC12CC3CC(CC(C3)C1)C2. The second-order valence-corrected chi connectivity index (χ2v) is 11.2.